The Morgan fingerprint density at radius 3 is 2.80 bits per heavy atom. The van der Waals surface area contributed by atoms with Crippen molar-refractivity contribution in [2.24, 2.45) is 0 Å². The third kappa shape index (κ3) is 2.98. The summed E-state index contributed by atoms with van der Waals surface area (Å²) < 4.78 is 34.4. The van der Waals surface area contributed by atoms with Gasteiger partial charge in [0.05, 0.1) is 23.0 Å². The van der Waals surface area contributed by atoms with E-state index in [2.05, 4.69) is 16.4 Å². The summed E-state index contributed by atoms with van der Waals surface area (Å²) in [6.45, 7) is 1.64. The summed E-state index contributed by atoms with van der Waals surface area (Å²) in [7, 11) is -2.22. The minimum atomic E-state index is -3.84. The fraction of sp³-hybridized carbons (Fsp3) is 0.174. The number of nitrogens with one attached hydrogen (secondary N) is 1. The number of hydrogen-bond donors (Lipinski definition) is 1. The molecule has 152 valence electrons. The second kappa shape index (κ2) is 7.27. The van der Waals surface area contributed by atoms with Gasteiger partial charge >= 0.3 is 0 Å². The van der Waals surface area contributed by atoms with Gasteiger partial charge in [0, 0.05) is 35.3 Å². The zero-order valence-corrected chi connectivity index (χ0v) is 17.3. The minimum absolute atomic E-state index is 0.242. The first-order chi connectivity index (χ1) is 14.6. The van der Waals surface area contributed by atoms with Crippen LogP contribution in [0.3, 0.4) is 0 Å². The van der Waals surface area contributed by atoms with E-state index in [1.165, 1.54) is 3.97 Å². The molecule has 0 radical (unpaired) electrons. The van der Waals surface area contributed by atoms with Crippen molar-refractivity contribution in [2.45, 2.75) is 11.3 Å². The number of benzene rings is 2. The lowest BCUT2D eigenvalue weighted by atomic mass is 10.00. The van der Waals surface area contributed by atoms with Gasteiger partial charge in [0.15, 0.2) is 0 Å². The highest BCUT2D eigenvalue weighted by Gasteiger charge is 2.25. The van der Waals surface area contributed by atoms with Gasteiger partial charge in [-0.1, -0.05) is 12.1 Å². The third-order valence-electron chi connectivity index (χ3n) is 5.53. The summed E-state index contributed by atoms with van der Waals surface area (Å²) in [5, 5.41) is 4.78. The van der Waals surface area contributed by atoms with Crippen LogP contribution < -0.4 is 10.1 Å². The van der Waals surface area contributed by atoms with Crippen molar-refractivity contribution in [1.82, 2.24) is 14.3 Å². The van der Waals surface area contributed by atoms with Crippen molar-refractivity contribution in [3.8, 4) is 5.75 Å². The number of ether oxygens (including phenoxy) is 1. The summed E-state index contributed by atoms with van der Waals surface area (Å²) in [4.78, 5) is 4.55. The van der Waals surface area contributed by atoms with E-state index in [9.17, 15) is 8.42 Å². The smallest absolute Gasteiger partial charge is 0.268 e. The van der Waals surface area contributed by atoms with E-state index in [1.54, 1.807) is 55.9 Å². The molecule has 6 nitrogen and oxygen atoms in total. The number of aromatic nitrogens is 2. The fourth-order valence-electron chi connectivity index (χ4n) is 4.03. The highest BCUT2D eigenvalue weighted by Crippen LogP contribution is 2.35. The van der Waals surface area contributed by atoms with Crippen LogP contribution in [0.15, 0.2) is 71.9 Å². The zero-order valence-electron chi connectivity index (χ0n) is 16.5. The van der Waals surface area contributed by atoms with Gasteiger partial charge in [-0.3, -0.25) is 4.98 Å². The SMILES string of the molecule is COc1ccc2c(c1)c(C1=CCNCC1)cn2S(=O)(=O)c1cccc2ncccc12. The number of rotatable bonds is 4. The molecular formula is C23H21N3O3S. The van der Waals surface area contributed by atoms with Gasteiger partial charge < -0.3 is 10.1 Å². The topological polar surface area (TPSA) is 73.2 Å². The quantitative estimate of drug-likeness (QED) is 0.545. The van der Waals surface area contributed by atoms with Gasteiger partial charge in [-0.15, -0.1) is 0 Å². The summed E-state index contributed by atoms with van der Waals surface area (Å²) in [6, 6.07) is 14.2. The Labute approximate surface area is 174 Å². The Bertz CT molecular complexity index is 1400. The molecule has 2 aromatic heterocycles. The molecule has 3 heterocycles. The third-order valence-corrected chi connectivity index (χ3v) is 7.26. The van der Waals surface area contributed by atoms with E-state index in [-0.39, 0.29) is 4.90 Å². The number of hydrogen-bond acceptors (Lipinski definition) is 5. The molecule has 30 heavy (non-hydrogen) atoms. The molecule has 1 N–H and O–H groups in total. The van der Waals surface area contributed by atoms with Crippen LogP contribution in [0.1, 0.15) is 12.0 Å². The summed E-state index contributed by atoms with van der Waals surface area (Å²) >= 11 is 0. The molecule has 1 aliphatic rings. The Kier molecular flexibility index (Phi) is 4.56. The molecule has 0 saturated heterocycles. The van der Waals surface area contributed by atoms with E-state index in [0.29, 0.717) is 22.2 Å². The van der Waals surface area contributed by atoms with Crippen LogP contribution in [0.25, 0.3) is 27.4 Å². The molecular weight excluding hydrogens is 398 g/mol. The van der Waals surface area contributed by atoms with E-state index in [1.807, 2.05) is 12.1 Å². The van der Waals surface area contributed by atoms with Crippen molar-refractivity contribution in [2.75, 3.05) is 20.2 Å². The van der Waals surface area contributed by atoms with Crippen molar-refractivity contribution in [1.29, 1.82) is 0 Å². The van der Waals surface area contributed by atoms with E-state index in [4.69, 9.17) is 4.74 Å². The van der Waals surface area contributed by atoms with E-state index in [0.717, 1.165) is 36.0 Å². The normalized spacial score (nSPS) is 14.8. The van der Waals surface area contributed by atoms with Crippen LogP contribution in [0.4, 0.5) is 0 Å². The number of pyridine rings is 1. The molecule has 5 rings (SSSR count). The molecule has 4 aromatic rings. The highest BCUT2D eigenvalue weighted by atomic mass is 32.2. The van der Waals surface area contributed by atoms with Crippen molar-refractivity contribution in [3.63, 3.8) is 0 Å². The Morgan fingerprint density at radius 1 is 1.10 bits per heavy atom. The molecule has 0 aliphatic carbocycles. The summed E-state index contributed by atoms with van der Waals surface area (Å²) in [5.74, 6) is 0.697. The van der Waals surface area contributed by atoms with Gasteiger partial charge in [-0.25, -0.2) is 12.4 Å². The van der Waals surface area contributed by atoms with Gasteiger partial charge in [-0.2, -0.15) is 0 Å². The van der Waals surface area contributed by atoms with E-state index >= 15 is 0 Å². The van der Waals surface area contributed by atoms with Gasteiger partial charge in [0.25, 0.3) is 10.0 Å². The van der Waals surface area contributed by atoms with Gasteiger partial charge in [0.1, 0.15) is 5.75 Å². The maximum Gasteiger partial charge on any atom is 0.268 e. The molecule has 0 spiro atoms. The minimum Gasteiger partial charge on any atom is -0.497 e. The van der Waals surface area contributed by atoms with Crippen molar-refractivity contribution >= 4 is 37.4 Å². The average Bonchev–Trinajstić information content (AvgIpc) is 3.19. The molecule has 0 saturated carbocycles. The lowest BCUT2D eigenvalue weighted by molar-refractivity contribution is 0.415. The molecule has 1 aliphatic heterocycles. The van der Waals surface area contributed by atoms with Crippen LogP contribution in [0, 0.1) is 0 Å². The summed E-state index contributed by atoms with van der Waals surface area (Å²) in [5.41, 5.74) is 3.34. The number of methoxy groups -OCH3 is 1. The highest BCUT2D eigenvalue weighted by molar-refractivity contribution is 7.90. The molecule has 0 atom stereocenters. The number of fused-ring (bicyclic) bond motifs is 2. The Balaban J connectivity index is 1.79. The molecule has 0 fully saturated rings. The molecule has 0 unspecified atom stereocenters. The molecule has 2 aromatic carbocycles. The molecule has 7 heteroatoms. The second-order valence-corrected chi connectivity index (χ2v) is 9.02. The number of nitrogens with zero attached hydrogens (tertiary/aromatic N) is 2. The van der Waals surface area contributed by atoms with E-state index < -0.39 is 10.0 Å². The lowest BCUT2D eigenvalue weighted by Crippen LogP contribution is -2.20. The summed E-state index contributed by atoms with van der Waals surface area (Å²) in [6.07, 6.45) is 6.37. The zero-order chi connectivity index (χ0) is 20.7. The predicted molar refractivity (Wildman–Crippen MR) is 118 cm³/mol. The Hall–Kier alpha value is -3.16. The van der Waals surface area contributed by atoms with Gasteiger partial charge in [-0.05, 0) is 61.0 Å². The van der Waals surface area contributed by atoms with Crippen molar-refractivity contribution < 1.29 is 13.2 Å². The van der Waals surface area contributed by atoms with Crippen LogP contribution in [-0.2, 0) is 10.0 Å². The predicted octanol–water partition coefficient (Wildman–Crippen LogP) is 3.81. The van der Waals surface area contributed by atoms with Crippen LogP contribution in [0.2, 0.25) is 0 Å². The van der Waals surface area contributed by atoms with Gasteiger partial charge in [0.2, 0.25) is 0 Å². The monoisotopic (exact) mass is 419 g/mol. The largest absolute Gasteiger partial charge is 0.497 e. The first-order valence-corrected chi connectivity index (χ1v) is 11.2. The maximum atomic E-state index is 13.8. The lowest BCUT2D eigenvalue weighted by Gasteiger charge is -2.13. The van der Waals surface area contributed by atoms with Crippen molar-refractivity contribution in [3.05, 3.63) is 72.6 Å². The van der Waals surface area contributed by atoms with Crippen LogP contribution in [-0.4, -0.2) is 37.6 Å². The van der Waals surface area contributed by atoms with Crippen LogP contribution >= 0.6 is 0 Å². The first kappa shape index (κ1) is 18.8. The molecule has 0 bridgehead atoms. The maximum absolute atomic E-state index is 13.8. The average molecular weight is 420 g/mol. The second-order valence-electron chi connectivity index (χ2n) is 7.24. The Morgan fingerprint density at radius 2 is 2.00 bits per heavy atom. The molecule has 0 amide bonds. The van der Waals surface area contributed by atoms with Crippen LogP contribution in [0.5, 0.6) is 5.75 Å². The fourth-order valence-corrected chi connectivity index (χ4v) is 5.61. The first-order valence-electron chi connectivity index (χ1n) is 9.78. The standard InChI is InChI=1S/C23H21N3O3S/c1-29-17-7-8-22-19(14-17)20(16-9-12-24-13-10-16)15-26(22)30(27,28)23-6-2-5-21-18(23)4-3-11-25-21/h2-9,11,14-15,24H,10,12-13H2,1H3.